The summed E-state index contributed by atoms with van der Waals surface area (Å²) in [6.07, 6.45) is 4.37. The van der Waals surface area contributed by atoms with Gasteiger partial charge in [0.2, 0.25) is 0 Å². The Balaban J connectivity index is 1.36. The second-order valence-electron chi connectivity index (χ2n) is 9.61. The zero-order chi connectivity index (χ0) is 16.8. The predicted molar refractivity (Wildman–Crippen MR) is 86.7 cm³/mol. The summed E-state index contributed by atoms with van der Waals surface area (Å²) in [5, 5.41) is 0. The van der Waals surface area contributed by atoms with Gasteiger partial charge in [-0.25, -0.2) is 0 Å². The highest BCUT2D eigenvalue weighted by atomic mass is 16.5. The first-order valence-corrected chi connectivity index (χ1v) is 9.80. The maximum Gasteiger partial charge on any atom is 0.311 e. The van der Waals surface area contributed by atoms with Gasteiger partial charge in [-0.05, 0) is 75.0 Å². The Morgan fingerprint density at radius 2 is 1.92 bits per heavy atom. The molecule has 5 rings (SSSR count). The molecule has 0 aromatic carbocycles. The van der Waals surface area contributed by atoms with Gasteiger partial charge in [0.1, 0.15) is 6.10 Å². The molecule has 0 aromatic heterocycles. The van der Waals surface area contributed by atoms with Gasteiger partial charge in [-0.2, -0.15) is 0 Å². The van der Waals surface area contributed by atoms with E-state index in [1.807, 2.05) is 20.8 Å². The fourth-order valence-corrected chi connectivity index (χ4v) is 7.11. The number of ether oxygens (including phenoxy) is 2. The minimum absolute atomic E-state index is 0.0413. The average Bonchev–Trinajstić information content (AvgIpc) is 3.30. The number of carbonyl (C=O) groups is 2. The molecule has 5 aliphatic rings. The van der Waals surface area contributed by atoms with Crippen LogP contribution in [0.25, 0.3) is 0 Å². The van der Waals surface area contributed by atoms with Crippen molar-refractivity contribution in [1.29, 1.82) is 0 Å². The van der Waals surface area contributed by atoms with Crippen molar-refractivity contribution < 1.29 is 19.1 Å². The van der Waals surface area contributed by atoms with Crippen molar-refractivity contribution in [1.82, 2.24) is 0 Å². The number of rotatable bonds is 3. The third-order valence-corrected chi connectivity index (χ3v) is 8.46. The molecule has 0 spiro atoms. The lowest BCUT2D eigenvalue weighted by molar-refractivity contribution is -0.165. The van der Waals surface area contributed by atoms with Crippen molar-refractivity contribution in [2.24, 2.45) is 52.8 Å². The molecule has 4 bridgehead atoms. The van der Waals surface area contributed by atoms with Gasteiger partial charge in [0.25, 0.3) is 0 Å². The monoisotopic (exact) mass is 332 g/mol. The SMILES string of the molecule is CCC(C)(C)C(=O)OC1CC2CC1C1C3CC(C4COC(=O)C43)C21. The van der Waals surface area contributed by atoms with Crippen LogP contribution in [0.1, 0.15) is 46.5 Å². The molecule has 4 aliphatic carbocycles. The number of esters is 2. The van der Waals surface area contributed by atoms with Crippen LogP contribution in [0.3, 0.4) is 0 Å². The number of fused-ring (bicyclic) bond motifs is 12. The van der Waals surface area contributed by atoms with Gasteiger partial charge in [0, 0.05) is 5.92 Å². The Hall–Kier alpha value is -1.06. The summed E-state index contributed by atoms with van der Waals surface area (Å²) >= 11 is 0. The first-order chi connectivity index (χ1) is 11.4. The fourth-order valence-electron chi connectivity index (χ4n) is 7.11. The highest BCUT2D eigenvalue weighted by molar-refractivity contribution is 5.77. The van der Waals surface area contributed by atoms with E-state index in [1.54, 1.807) is 0 Å². The third kappa shape index (κ3) is 1.75. The first-order valence-electron chi connectivity index (χ1n) is 9.80. The number of cyclic esters (lactones) is 1. The zero-order valence-corrected chi connectivity index (χ0v) is 14.9. The lowest BCUT2D eigenvalue weighted by Crippen LogP contribution is -2.44. The summed E-state index contributed by atoms with van der Waals surface area (Å²) in [5.74, 6) is 4.39. The standard InChI is InChI=1S/C20H28O4/c1-4-20(2,3)19(22)24-14-6-9-5-11(14)16-12-7-10(15(9)16)13-8-23-18(21)17(12)13/h9-17H,4-8H2,1-3H3. The molecule has 4 saturated carbocycles. The Kier molecular flexibility index (Phi) is 3.02. The first kappa shape index (κ1) is 15.2. The van der Waals surface area contributed by atoms with Crippen LogP contribution in [0.4, 0.5) is 0 Å². The van der Waals surface area contributed by atoms with Gasteiger partial charge >= 0.3 is 11.9 Å². The lowest BCUT2D eigenvalue weighted by atomic mass is 9.63. The van der Waals surface area contributed by atoms with Crippen LogP contribution < -0.4 is 0 Å². The molecule has 1 heterocycles. The molecule has 4 heteroatoms. The van der Waals surface area contributed by atoms with Crippen LogP contribution in [-0.4, -0.2) is 24.6 Å². The molecule has 0 N–H and O–H groups in total. The van der Waals surface area contributed by atoms with Crippen molar-refractivity contribution in [3.8, 4) is 0 Å². The van der Waals surface area contributed by atoms with E-state index >= 15 is 0 Å². The van der Waals surface area contributed by atoms with Crippen LogP contribution in [-0.2, 0) is 19.1 Å². The number of carbonyl (C=O) groups excluding carboxylic acids is 2. The number of hydrogen-bond acceptors (Lipinski definition) is 4. The molecule has 9 atom stereocenters. The molecule has 132 valence electrons. The lowest BCUT2D eigenvalue weighted by Gasteiger charge is -2.41. The van der Waals surface area contributed by atoms with Crippen LogP contribution in [0, 0.1) is 52.8 Å². The topological polar surface area (TPSA) is 52.6 Å². The summed E-state index contributed by atoms with van der Waals surface area (Å²) in [4.78, 5) is 24.7. The highest BCUT2D eigenvalue weighted by Crippen LogP contribution is 2.71. The Morgan fingerprint density at radius 3 is 2.67 bits per heavy atom. The van der Waals surface area contributed by atoms with Crippen LogP contribution >= 0.6 is 0 Å². The minimum Gasteiger partial charge on any atom is -0.465 e. The second kappa shape index (κ2) is 4.76. The van der Waals surface area contributed by atoms with E-state index in [2.05, 4.69) is 0 Å². The van der Waals surface area contributed by atoms with E-state index < -0.39 is 5.41 Å². The van der Waals surface area contributed by atoms with E-state index in [9.17, 15) is 9.59 Å². The molecule has 1 aliphatic heterocycles. The molecule has 9 unspecified atom stereocenters. The van der Waals surface area contributed by atoms with Gasteiger partial charge in [0.15, 0.2) is 0 Å². The normalized spacial score (nSPS) is 50.8. The molecular weight excluding hydrogens is 304 g/mol. The quantitative estimate of drug-likeness (QED) is 0.589. The molecular formula is C20H28O4. The van der Waals surface area contributed by atoms with E-state index in [1.165, 1.54) is 12.8 Å². The third-order valence-electron chi connectivity index (χ3n) is 8.46. The number of hydrogen-bond donors (Lipinski definition) is 0. The van der Waals surface area contributed by atoms with Gasteiger partial charge in [-0.15, -0.1) is 0 Å². The van der Waals surface area contributed by atoms with Gasteiger partial charge < -0.3 is 9.47 Å². The maximum absolute atomic E-state index is 12.5. The van der Waals surface area contributed by atoms with Crippen molar-refractivity contribution in [2.75, 3.05) is 6.61 Å². The molecule has 4 nitrogen and oxygen atoms in total. The van der Waals surface area contributed by atoms with Gasteiger partial charge in [-0.1, -0.05) is 6.92 Å². The van der Waals surface area contributed by atoms with Crippen LogP contribution in [0.5, 0.6) is 0 Å². The molecule has 5 fully saturated rings. The average molecular weight is 332 g/mol. The predicted octanol–water partition coefficient (Wildman–Crippen LogP) is 3.05. The molecule has 1 saturated heterocycles. The van der Waals surface area contributed by atoms with Crippen LogP contribution in [0.2, 0.25) is 0 Å². The molecule has 0 aromatic rings. The van der Waals surface area contributed by atoms with Crippen molar-refractivity contribution in [3.05, 3.63) is 0 Å². The van der Waals surface area contributed by atoms with Crippen molar-refractivity contribution in [3.63, 3.8) is 0 Å². The molecule has 0 amide bonds. The van der Waals surface area contributed by atoms with Crippen molar-refractivity contribution in [2.45, 2.75) is 52.6 Å². The molecule has 24 heavy (non-hydrogen) atoms. The summed E-state index contributed by atoms with van der Waals surface area (Å²) in [6, 6.07) is 0. The highest BCUT2D eigenvalue weighted by Gasteiger charge is 2.70. The zero-order valence-electron chi connectivity index (χ0n) is 14.9. The molecule has 0 radical (unpaired) electrons. The van der Waals surface area contributed by atoms with Crippen LogP contribution in [0.15, 0.2) is 0 Å². The Morgan fingerprint density at radius 1 is 1.12 bits per heavy atom. The van der Waals surface area contributed by atoms with Crippen molar-refractivity contribution >= 4 is 11.9 Å². The summed E-state index contributed by atoms with van der Waals surface area (Å²) in [6.45, 7) is 6.65. The van der Waals surface area contributed by atoms with E-state index in [4.69, 9.17) is 9.47 Å². The van der Waals surface area contributed by atoms with Gasteiger partial charge in [0.05, 0.1) is 17.9 Å². The Bertz CT molecular complexity index is 596. The minimum atomic E-state index is -0.393. The van der Waals surface area contributed by atoms with E-state index in [0.717, 1.165) is 18.8 Å². The summed E-state index contributed by atoms with van der Waals surface area (Å²) in [7, 11) is 0. The summed E-state index contributed by atoms with van der Waals surface area (Å²) < 4.78 is 11.4. The maximum atomic E-state index is 12.5. The van der Waals surface area contributed by atoms with Gasteiger partial charge in [-0.3, -0.25) is 9.59 Å². The largest absolute Gasteiger partial charge is 0.465 e. The fraction of sp³-hybridized carbons (Fsp3) is 0.900. The second-order valence-corrected chi connectivity index (χ2v) is 9.61. The summed E-state index contributed by atoms with van der Waals surface area (Å²) in [5.41, 5.74) is -0.393. The van der Waals surface area contributed by atoms with E-state index in [-0.39, 0.29) is 24.0 Å². The van der Waals surface area contributed by atoms with E-state index in [0.29, 0.717) is 42.1 Å². The smallest absolute Gasteiger partial charge is 0.311 e. The Labute approximate surface area is 143 Å².